The van der Waals surface area contributed by atoms with Gasteiger partial charge in [-0.05, 0) is 24.7 Å². The highest BCUT2D eigenvalue weighted by molar-refractivity contribution is 4.93. The molecule has 2 atom stereocenters. The molecule has 1 heterocycles. The van der Waals surface area contributed by atoms with Crippen molar-refractivity contribution in [3.63, 3.8) is 0 Å². The number of aliphatic hydroxyl groups excluding tert-OH is 2. The van der Waals surface area contributed by atoms with E-state index in [0.717, 1.165) is 6.54 Å². The molecule has 1 saturated carbocycles. The first kappa shape index (κ1) is 10.4. The SMILES string of the molecule is CCC1(CN2C[C@@H](O)[C@@H](O)C2)CCC1. The molecule has 2 rings (SSSR count). The van der Waals surface area contributed by atoms with Crippen LogP contribution in [-0.4, -0.2) is 47.0 Å². The molecule has 3 heteroatoms. The van der Waals surface area contributed by atoms with Crippen molar-refractivity contribution in [1.29, 1.82) is 0 Å². The number of hydrogen-bond donors (Lipinski definition) is 2. The second-order valence-electron chi connectivity index (χ2n) is 5.04. The molecular weight excluding hydrogens is 178 g/mol. The standard InChI is InChI=1S/C11H21NO2/c1-2-11(4-3-5-11)8-12-6-9(13)10(14)7-12/h9-10,13-14H,2-8H2,1H3/t9-,10+. The second kappa shape index (κ2) is 3.80. The van der Waals surface area contributed by atoms with Gasteiger partial charge in [-0.1, -0.05) is 13.3 Å². The smallest absolute Gasteiger partial charge is 0.0938 e. The molecule has 2 N–H and O–H groups in total. The maximum Gasteiger partial charge on any atom is 0.0938 e. The van der Waals surface area contributed by atoms with Crippen LogP contribution in [0.3, 0.4) is 0 Å². The minimum Gasteiger partial charge on any atom is -0.389 e. The molecule has 0 spiro atoms. The van der Waals surface area contributed by atoms with Crippen LogP contribution < -0.4 is 0 Å². The van der Waals surface area contributed by atoms with Gasteiger partial charge in [0.2, 0.25) is 0 Å². The quantitative estimate of drug-likeness (QED) is 0.699. The third-order valence-corrected chi connectivity index (χ3v) is 4.06. The molecule has 0 radical (unpaired) electrons. The van der Waals surface area contributed by atoms with Crippen LogP contribution in [0, 0.1) is 5.41 Å². The van der Waals surface area contributed by atoms with Crippen LogP contribution in [-0.2, 0) is 0 Å². The molecule has 0 aromatic rings. The summed E-state index contributed by atoms with van der Waals surface area (Å²) in [6.07, 6.45) is 4.19. The van der Waals surface area contributed by atoms with Crippen molar-refractivity contribution in [3.8, 4) is 0 Å². The minimum atomic E-state index is -0.524. The molecule has 1 saturated heterocycles. The number of aliphatic hydroxyl groups is 2. The zero-order chi connectivity index (χ0) is 10.2. The van der Waals surface area contributed by atoms with Crippen molar-refractivity contribution in [3.05, 3.63) is 0 Å². The van der Waals surface area contributed by atoms with Crippen LogP contribution in [0.15, 0.2) is 0 Å². The predicted octanol–water partition coefficient (Wildman–Crippen LogP) is 0.604. The van der Waals surface area contributed by atoms with Crippen LogP contribution in [0.2, 0.25) is 0 Å². The van der Waals surface area contributed by atoms with Crippen molar-refractivity contribution >= 4 is 0 Å². The van der Waals surface area contributed by atoms with Gasteiger partial charge in [0.25, 0.3) is 0 Å². The van der Waals surface area contributed by atoms with E-state index in [4.69, 9.17) is 0 Å². The van der Waals surface area contributed by atoms with Gasteiger partial charge in [0.05, 0.1) is 12.2 Å². The van der Waals surface area contributed by atoms with E-state index in [0.29, 0.717) is 18.5 Å². The average molecular weight is 199 g/mol. The highest BCUT2D eigenvalue weighted by Gasteiger charge is 2.39. The van der Waals surface area contributed by atoms with Crippen molar-refractivity contribution in [2.24, 2.45) is 5.41 Å². The van der Waals surface area contributed by atoms with Crippen LogP contribution in [0.25, 0.3) is 0 Å². The maximum atomic E-state index is 9.44. The summed E-state index contributed by atoms with van der Waals surface area (Å²) < 4.78 is 0. The Kier molecular flexibility index (Phi) is 2.82. The summed E-state index contributed by atoms with van der Waals surface area (Å²) >= 11 is 0. The van der Waals surface area contributed by atoms with Gasteiger partial charge in [-0.15, -0.1) is 0 Å². The summed E-state index contributed by atoms with van der Waals surface area (Å²) in [7, 11) is 0. The van der Waals surface area contributed by atoms with Crippen molar-refractivity contribution < 1.29 is 10.2 Å². The molecular formula is C11H21NO2. The van der Waals surface area contributed by atoms with Crippen molar-refractivity contribution in [2.45, 2.75) is 44.8 Å². The molecule has 1 aliphatic carbocycles. The molecule has 3 nitrogen and oxygen atoms in total. The summed E-state index contributed by atoms with van der Waals surface area (Å²) in [6.45, 7) is 4.63. The van der Waals surface area contributed by atoms with E-state index < -0.39 is 12.2 Å². The van der Waals surface area contributed by atoms with Gasteiger partial charge < -0.3 is 10.2 Å². The predicted molar refractivity (Wildman–Crippen MR) is 55.0 cm³/mol. The van der Waals surface area contributed by atoms with Gasteiger partial charge in [-0.3, -0.25) is 4.90 Å². The van der Waals surface area contributed by atoms with Crippen LogP contribution in [0.1, 0.15) is 32.6 Å². The lowest BCUT2D eigenvalue weighted by Crippen LogP contribution is -2.41. The molecule has 14 heavy (non-hydrogen) atoms. The number of nitrogens with zero attached hydrogens (tertiary/aromatic N) is 1. The molecule has 82 valence electrons. The van der Waals surface area contributed by atoms with Crippen LogP contribution >= 0.6 is 0 Å². The summed E-state index contributed by atoms with van der Waals surface area (Å²) in [4.78, 5) is 2.22. The molecule has 0 bridgehead atoms. The van der Waals surface area contributed by atoms with Crippen LogP contribution in [0.5, 0.6) is 0 Å². The second-order valence-corrected chi connectivity index (χ2v) is 5.04. The van der Waals surface area contributed by atoms with E-state index in [2.05, 4.69) is 11.8 Å². The Morgan fingerprint density at radius 1 is 1.21 bits per heavy atom. The lowest BCUT2D eigenvalue weighted by atomic mass is 9.67. The number of rotatable bonds is 3. The fourth-order valence-electron chi connectivity index (χ4n) is 2.75. The number of hydrogen-bond acceptors (Lipinski definition) is 3. The number of β-amino-alcohol motifs (C(OH)–C–C–N with tert-alkyl or cyclic N) is 2. The van der Waals surface area contributed by atoms with Crippen LogP contribution in [0.4, 0.5) is 0 Å². The van der Waals surface area contributed by atoms with Gasteiger partial charge >= 0.3 is 0 Å². The fraction of sp³-hybridized carbons (Fsp3) is 1.00. The van der Waals surface area contributed by atoms with Gasteiger partial charge in [0.1, 0.15) is 0 Å². The molecule has 0 aromatic heterocycles. The van der Waals surface area contributed by atoms with Gasteiger partial charge in [0.15, 0.2) is 0 Å². The van der Waals surface area contributed by atoms with Crippen molar-refractivity contribution in [2.75, 3.05) is 19.6 Å². The summed E-state index contributed by atoms with van der Waals surface area (Å²) in [5.74, 6) is 0. The van der Waals surface area contributed by atoms with Gasteiger partial charge in [-0.25, -0.2) is 0 Å². The zero-order valence-electron chi connectivity index (χ0n) is 8.95. The first-order valence-corrected chi connectivity index (χ1v) is 5.74. The van der Waals surface area contributed by atoms with E-state index in [1.807, 2.05) is 0 Å². The zero-order valence-corrected chi connectivity index (χ0v) is 8.95. The lowest BCUT2D eigenvalue weighted by Gasteiger charge is -2.44. The van der Waals surface area contributed by atoms with Crippen molar-refractivity contribution in [1.82, 2.24) is 4.90 Å². The van der Waals surface area contributed by atoms with Gasteiger partial charge in [-0.2, -0.15) is 0 Å². The highest BCUT2D eigenvalue weighted by Crippen LogP contribution is 2.44. The molecule has 2 aliphatic rings. The molecule has 0 amide bonds. The topological polar surface area (TPSA) is 43.7 Å². The highest BCUT2D eigenvalue weighted by atomic mass is 16.3. The van der Waals surface area contributed by atoms with E-state index >= 15 is 0 Å². The third kappa shape index (κ3) is 1.81. The third-order valence-electron chi connectivity index (χ3n) is 4.06. The average Bonchev–Trinajstić information content (AvgIpc) is 2.39. The van der Waals surface area contributed by atoms with E-state index in [-0.39, 0.29) is 0 Å². The Labute approximate surface area is 85.7 Å². The first-order valence-electron chi connectivity index (χ1n) is 5.74. The van der Waals surface area contributed by atoms with E-state index in [9.17, 15) is 10.2 Å². The Morgan fingerprint density at radius 2 is 1.79 bits per heavy atom. The molecule has 2 fully saturated rings. The van der Waals surface area contributed by atoms with E-state index in [1.165, 1.54) is 25.7 Å². The largest absolute Gasteiger partial charge is 0.389 e. The summed E-state index contributed by atoms with van der Waals surface area (Å²) in [6, 6.07) is 0. The summed E-state index contributed by atoms with van der Waals surface area (Å²) in [5.41, 5.74) is 0.504. The molecule has 0 aromatic carbocycles. The van der Waals surface area contributed by atoms with E-state index in [1.54, 1.807) is 0 Å². The Bertz CT molecular complexity index is 188. The Hall–Kier alpha value is -0.120. The maximum absolute atomic E-state index is 9.44. The Morgan fingerprint density at radius 3 is 2.14 bits per heavy atom. The molecule has 1 aliphatic heterocycles. The monoisotopic (exact) mass is 199 g/mol. The fourth-order valence-corrected chi connectivity index (χ4v) is 2.75. The molecule has 0 unspecified atom stereocenters. The normalized spacial score (nSPS) is 37.1. The Balaban J connectivity index is 1.86. The first-order chi connectivity index (χ1) is 6.65. The minimum absolute atomic E-state index is 0.504. The van der Waals surface area contributed by atoms with Gasteiger partial charge in [0, 0.05) is 19.6 Å². The number of likely N-dealkylation sites (tertiary alicyclic amines) is 1. The summed E-state index contributed by atoms with van der Waals surface area (Å²) in [5, 5.41) is 18.9. The lowest BCUT2D eigenvalue weighted by molar-refractivity contribution is 0.0572.